The summed E-state index contributed by atoms with van der Waals surface area (Å²) in [6.45, 7) is 2.40. The van der Waals surface area contributed by atoms with E-state index in [1.54, 1.807) is 11.3 Å². The highest BCUT2D eigenvalue weighted by atomic mass is 35.5. The minimum Gasteiger partial charge on any atom is -0.307 e. The first-order chi connectivity index (χ1) is 8.72. The maximum Gasteiger partial charge on any atom is 0.0934 e. The van der Waals surface area contributed by atoms with Crippen LogP contribution in [0.3, 0.4) is 0 Å². The summed E-state index contributed by atoms with van der Waals surface area (Å²) in [7, 11) is 0. The Morgan fingerprint density at radius 2 is 2.11 bits per heavy atom. The molecule has 0 radical (unpaired) electrons. The first-order valence-corrected chi connectivity index (χ1v) is 8.46. The summed E-state index contributed by atoms with van der Waals surface area (Å²) in [5, 5.41) is 3.90. The number of halogens is 1. The SMILES string of the molecule is CC1CCCC(NC2CCc3sc(Cl)cc32)CC1. The third-order valence-corrected chi connectivity index (χ3v) is 5.88. The fraction of sp³-hybridized carbons (Fsp3) is 0.733. The van der Waals surface area contributed by atoms with E-state index in [2.05, 4.69) is 18.3 Å². The Morgan fingerprint density at radius 1 is 1.22 bits per heavy atom. The lowest BCUT2D eigenvalue weighted by atomic mass is 10.0. The first kappa shape index (κ1) is 13.0. The van der Waals surface area contributed by atoms with E-state index in [9.17, 15) is 0 Å². The summed E-state index contributed by atoms with van der Waals surface area (Å²) in [5.41, 5.74) is 1.49. The number of hydrogen-bond acceptors (Lipinski definition) is 2. The second kappa shape index (κ2) is 5.52. The van der Waals surface area contributed by atoms with Crippen molar-refractivity contribution < 1.29 is 0 Å². The predicted molar refractivity (Wildman–Crippen MR) is 79.6 cm³/mol. The van der Waals surface area contributed by atoms with Crippen LogP contribution in [-0.4, -0.2) is 6.04 Å². The van der Waals surface area contributed by atoms with Crippen molar-refractivity contribution in [1.82, 2.24) is 5.32 Å². The van der Waals surface area contributed by atoms with Crippen LogP contribution in [0.15, 0.2) is 6.07 Å². The van der Waals surface area contributed by atoms with E-state index < -0.39 is 0 Å². The third kappa shape index (κ3) is 2.76. The molecule has 3 heteroatoms. The summed E-state index contributed by atoms with van der Waals surface area (Å²) in [6, 6.07) is 3.48. The molecule has 3 rings (SSSR count). The molecule has 0 amide bonds. The summed E-state index contributed by atoms with van der Waals surface area (Å²) < 4.78 is 0.959. The van der Waals surface area contributed by atoms with E-state index in [1.165, 1.54) is 55.4 Å². The van der Waals surface area contributed by atoms with Gasteiger partial charge in [0.25, 0.3) is 0 Å². The van der Waals surface area contributed by atoms with E-state index in [0.717, 1.165) is 16.3 Å². The van der Waals surface area contributed by atoms with Crippen LogP contribution < -0.4 is 5.32 Å². The molecule has 0 aliphatic heterocycles. The lowest BCUT2D eigenvalue weighted by Gasteiger charge is -2.22. The van der Waals surface area contributed by atoms with E-state index in [0.29, 0.717) is 6.04 Å². The molecule has 1 aromatic heterocycles. The van der Waals surface area contributed by atoms with Gasteiger partial charge in [-0.1, -0.05) is 31.4 Å². The van der Waals surface area contributed by atoms with Gasteiger partial charge in [0.05, 0.1) is 4.34 Å². The van der Waals surface area contributed by atoms with E-state index >= 15 is 0 Å². The van der Waals surface area contributed by atoms with Crippen LogP contribution in [0.1, 0.15) is 61.9 Å². The molecule has 1 nitrogen and oxygen atoms in total. The molecule has 3 atom stereocenters. The molecule has 0 saturated heterocycles. The van der Waals surface area contributed by atoms with Crippen molar-refractivity contribution in [3.05, 3.63) is 20.8 Å². The van der Waals surface area contributed by atoms with Crippen molar-refractivity contribution in [1.29, 1.82) is 0 Å². The number of thiophene rings is 1. The van der Waals surface area contributed by atoms with Crippen LogP contribution >= 0.6 is 22.9 Å². The largest absolute Gasteiger partial charge is 0.307 e. The van der Waals surface area contributed by atoms with Gasteiger partial charge in [-0.15, -0.1) is 11.3 Å². The van der Waals surface area contributed by atoms with Crippen LogP contribution in [0.5, 0.6) is 0 Å². The Balaban J connectivity index is 1.63. The van der Waals surface area contributed by atoms with Crippen LogP contribution in [0.25, 0.3) is 0 Å². The van der Waals surface area contributed by atoms with Crippen LogP contribution in [-0.2, 0) is 6.42 Å². The van der Waals surface area contributed by atoms with Crippen molar-refractivity contribution in [2.75, 3.05) is 0 Å². The molecule has 1 N–H and O–H groups in total. The topological polar surface area (TPSA) is 12.0 Å². The van der Waals surface area contributed by atoms with Gasteiger partial charge in [-0.3, -0.25) is 0 Å². The summed E-state index contributed by atoms with van der Waals surface area (Å²) in [4.78, 5) is 1.51. The number of nitrogens with one attached hydrogen (secondary N) is 1. The highest BCUT2D eigenvalue weighted by Gasteiger charge is 2.27. The quantitative estimate of drug-likeness (QED) is 0.758. The first-order valence-electron chi connectivity index (χ1n) is 7.26. The Labute approximate surface area is 119 Å². The smallest absolute Gasteiger partial charge is 0.0934 e. The maximum atomic E-state index is 6.12. The van der Waals surface area contributed by atoms with Gasteiger partial charge in [-0.25, -0.2) is 0 Å². The zero-order valence-electron chi connectivity index (χ0n) is 11.0. The van der Waals surface area contributed by atoms with E-state index in [1.807, 2.05) is 0 Å². The molecule has 100 valence electrons. The van der Waals surface area contributed by atoms with Gasteiger partial charge in [-0.05, 0) is 49.7 Å². The fourth-order valence-corrected chi connectivity index (χ4v) is 4.80. The zero-order chi connectivity index (χ0) is 12.5. The average molecular weight is 284 g/mol. The zero-order valence-corrected chi connectivity index (χ0v) is 12.6. The molecular weight excluding hydrogens is 262 g/mol. The van der Waals surface area contributed by atoms with Crippen molar-refractivity contribution in [3.63, 3.8) is 0 Å². The molecule has 1 aromatic rings. The van der Waals surface area contributed by atoms with Gasteiger partial charge in [0.2, 0.25) is 0 Å². The molecule has 1 heterocycles. The predicted octanol–water partition coefficient (Wildman–Crippen LogP) is 4.95. The normalized spacial score (nSPS) is 32.2. The van der Waals surface area contributed by atoms with E-state index in [4.69, 9.17) is 11.6 Å². The molecule has 1 fully saturated rings. The van der Waals surface area contributed by atoms with Gasteiger partial charge in [0.15, 0.2) is 0 Å². The number of aryl methyl sites for hydroxylation is 1. The molecule has 2 aliphatic rings. The molecule has 2 aliphatic carbocycles. The summed E-state index contributed by atoms with van der Waals surface area (Å²) in [5.74, 6) is 0.923. The van der Waals surface area contributed by atoms with Crippen LogP contribution in [0.2, 0.25) is 4.34 Å². The highest BCUT2D eigenvalue weighted by Crippen LogP contribution is 2.40. The molecule has 3 unspecified atom stereocenters. The van der Waals surface area contributed by atoms with Crippen molar-refractivity contribution in [2.24, 2.45) is 5.92 Å². The summed E-state index contributed by atoms with van der Waals surface area (Å²) >= 11 is 7.89. The van der Waals surface area contributed by atoms with E-state index in [-0.39, 0.29) is 0 Å². The lowest BCUT2D eigenvalue weighted by molar-refractivity contribution is 0.392. The minimum absolute atomic E-state index is 0.571. The molecule has 0 bridgehead atoms. The number of fused-ring (bicyclic) bond motifs is 1. The van der Waals surface area contributed by atoms with Gasteiger partial charge < -0.3 is 5.32 Å². The molecule has 1 saturated carbocycles. The Kier molecular flexibility index (Phi) is 3.97. The minimum atomic E-state index is 0.571. The lowest BCUT2D eigenvalue weighted by Crippen LogP contribution is -2.31. The molecule has 0 aromatic carbocycles. The van der Waals surface area contributed by atoms with Crippen molar-refractivity contribution >= 4 is 22.9 Å². The Hall–Kier alpha value is -0.0500. The van der Waals surface area contributed by atoms with Gasteiger partial charge in [0, 0.05) is 17.0 Å². The monoisotopic (exact) mass is 283 g/mol. The van der Waals surface area contributed by atoms with Gasteiger partial charge in [0.1, 0.15) is 0 Å². The Bertz CT molecular complexity index is 415. The maximum absolute atomic E-state index is 6.12. The van der Waals surface area contributed by atoms with Crippen LogP contribution in [0, 0.1) is 5.92 Å². The number of hydrogen-bond donors (Lipinski definition) is 1. The molecule has 0 spiro atoms. The second-order valence-electron chi connectivity index (χ2n) is 6.00. The van der Waals surface area contributed by atoms with Crippen molar-refractivity contribution in [3.8, 4) is 0 Å². The van der Waals surface area contributed by atoms with Crippen molar-refractivity contribution in [2.45, 2.75) is 64.0 Å². The fourth-order valence-electron chi connectivity index (χ4n) is 3.44. The molecular formula is C15H22ClNS. The third-order valence-electron chi connectivity index (χ3n) is 4.54. The highest BCUT2D eigenvalue weighted by molar-refractivity contribution is 7.16. The van der Waals surface area contributed by atoms with Crippen LogP contribution in [0.4, 0.5) is 0 Å². The molecule has 18 heavy (non-hydrogen) atoms. The van der Waals surface area contributed by atoms with Gasteiger partial charge >= 0.3 is 0 Å². The van der Waals surface area contributed by atoms with Gasteiger partial charge in [-0.2, -0.15) is 0 Å². The Morgan fingerprint density at radius 3 is 3.00 bits per heavy atom. The second-order valence-corrected chi connectivity index (χ2v) is 7.77. The average Bonchev–Trinajstić information content (AvgIpc) is 2.78. The number of rotatable bonds is 2. The summed E-state index contributed by atoms with van der Waals surface area (Å²) in [6.07, 6.45) is 9.39. The standard InChI is InChI=1S/C15H22ClNS/c1-10-3-2-4-11(6-5-10)17-13-7-8-14-12(13)9-15(16)18-14/h9-11,13,17H,2-8H2,1H3.